The van der Waals surface area contributed by atoms with Gasteiger partial charge in [-0.1, -0.05) is 26.2 Å². The van der Waals surface area contributed by atoms with E-state index in [2.05, 4.69) is 15.8 Å². The van der Waals surface area contributed by atoms with Gasteiger partial charge in [-0.05, 0) is 79.5 Å². The van der Waals surface area contributed by atoms with Crippen molar-refractivity contribution in [1.82, 2.24) is 10.7 Å². The van der Waals surface area contributed by atoms with E-state index in [9.17, 15) is 4.79 Å². The first-order valence-corrected chi connectivity index (χ1v) is 11.7. The second-order valence-corrected chi connectivity index (χ2v) is 8.26. The number of ether oxygens (including phenoxy) is 3. The first-order valence-electron chi connectivity index (χ1n) is 11.3. The molecule has 0 aliphatic heterocycles. The number of carbonyl (C=O) groups excluding carboxylic acids is 1. The van der Waals surface area contributed by atoms with Crippen LogP contribution in [0.3, 0.4) is 0 Å². The first-order chi connectivity index (χ1) is 16.1. The zero-order chi connectivity index (χ0) is 23.5. The quantitative estimate of drug-likeness (QED) is 0.179. The van der Waals surface area contributed by atoms with Gasteiger partial charge in [0.25, 0.3) is 0 Å². The van der Waals surface area contributed by atoms with E-state index in [0.29, 0.717) is 34.8 Å². The number of esters is 1. The van der Waals surface area contributed by atoms with Gasteiger partial charge in [-0.3, -0.25) is 5.43 Å². The Morgan fingerprint density at radius 2 is 1.88 bits per heavy atom. The lowest BCUT2D eigenvalue weighted by Crippen LogP contribution is -2.40. The summed E-state index contributed by atoms with van der Waals surface area (Å²) < 4.78 is 16.5. The molecule has 0 radical (unpaired) electrons. The van der Waals surface area contributed by atoms with Crippen LogP contribution < -0.4 is 25.0 Å². The summed E-state index contributed by atoms with van der Waals surface area (Å²) >= 11 is 5.32. The molecule has 3 rings (SSSR count). The van der Waals surface area contributed by atoms with Gasteiger partial charge in [-0.15, -0.1) is 0 Å². The normalized spacial score (nSPS) is 14.0. The number of hydrazone groups is 1. The van der Waals surface area contributed by atoms with Crippen LogP contribution in [0.1, 0.15) is 61.4 Å². The number of thiocarbonyl (C=S) groups is 1. The first kappa shape index (κ1) is 24.5. The van der Waals surface area contributed by atoms with Crippen molar-refractivity contribution >= 4 is 29.5 Å². The number of hydrogen-bond donors (Lipinski definition) is 2. The van der Waals surface area contributed by atoms with E-state index >= 15 is 0 Å². The standard InChI is InChI=1S/C25H31N3O4S/c1-3-15-31-21-12-10-19(11-13-21)24(29)32-22-14-9-18(16-23(22)30-2)17-26-28-25(33)27-20-7-5-4-6-8-20/h9-14,16-17,20H,3-8,15H2,1-2H3,(H2,27,28,33). The SMILES string of the molecule is CCCOc1ccc(C(=O)Oc2ccc(C=NNC(=S)NC3CCCCC3)cc2OC)cc1. The molecule has 0 bridgehead atoms. The monoisotopic (exact) mass is 469 g/mol. The Morgan fingerprint density at radius 1 is 1.12 bits per heavy atom. The summed E-state index contributed by atoms with van der Waals surface area (Å²) in [6.45, 7) is 2.67. The molecule has 33 heavy (non-hydrogen) atoms. The van der Waals surface area contributed by atoms with E-state index in [1.54, 1.807) is 48.7 Å². The number of benzene rings is 2. The van der Waals surface area contributed by atoms with E-state index in [1.807, 2.05) is 6.92 Å². The Bertz CT molecular complexity index is 957. The van der Waals surface area contributed by atoms with Crippen LogP contribution in [-0.4, -0.2) is 37.1 Å². The highest BCUT2D eigenvalue weighted by atomic mass is 32.1. The Hall–Kier alpha value is -3.13. The minimum atomic E-state index is -0.474. The highest BCUT2D eigenvalue weighted by Crippen LogP contribution is 2.28. The second-order valence-electron chi connectivity index (χ2n) is 7.85. The zero-order valence-corrected chi connectivity index (χ0v) is 20.0. The smallest absolute Gasteiger partial charge is 0.343 e. The number of carbonyl (C=O) groups is 1. The molecular formula is C25H31N3O4S. The lowest BCUT2D eigenvalue weighted by molar-refractivity contribution is 0.0729. The molecule has 0 saturated heterocycles. The molecule has 0 heterocycles. The Balaban J connectivity index is 1.55. The third kappa shape index (κ3) is 7.75. The number of hydrogen-bond acceptors (Lipinski definition) is 6. The summed E-state index contributed by atoms with van der Waals surface area (Å²) in [4.78, 5) is 12.5. The number of rotatable bonds is 9. The van der Waals surface area contributed by atoms with Gasteiger partial charge in [0.2, 0.25) is 0 Å². The average molecular weight is 470 g/mol. The minimum Gasteiger partial charge on any atom is -0.494 e. The number of methoxy groups -OCH3 is 1. The van der Waals surface area contributed by atoms with Crippen LogP contribution in [0, 0.1) is 0 Å². The molecular weight excluding hydrogens is 438 g/mol. The third-order valence-electron chi connectivity index (χ3n) is 5.27. The maximum absolute atomic E-state index is 12.5. The molecule has 8 heteroatoms. The summed E-state index contributed by atoms with van der Waals surface area (Å²) in [5.41, 5.74) is 4.06. The fourth-order valence-corrected chi connectivity index (χ4v) is 3.76. The molecule has 1 saturated carbocycles. The maximum Gasteiger partial charge on any atom is 0.343 e. The molecule has 0 amide bonds. The number of nitrogens with one attached hydrogen (secondary N) is 2. The average Bonchev–Trinajstić information content (AvgIpc) is 2.84. The van der Waals surface area contributed by atoms with Gasteiger partial charge in [-0.25, -0.2) is 4.79 Å². The minimum absolute atomic E-state index is 0.327. The molecule has 0 atom stereocenters. The molecule has 2 aromatic rings. The highest BCUT2D eigenvalue weighted by molar-refractivity contribution is 7.80. The van der Waals surface area contributed by atoms with E-state index in [-0.39, 0.29) is 0 Å². The van der Waals surface area contributed by atoms with Gasteiger partial charge >= 0.3 is 5.97 Å². The van der Waals surface area contributed by atoms with Crippen molar-refractivity contribution in [3.63, 3.8) is 0 Å². The second kappa shape index (κ2) is 12.8. The van der Waals surface area contributed by atoms with Gasteiger partial charge < -0.3 is 19.5 Å². The van der Waals surface area contributed by atoms with Crippen molar-refractivity contribution in [1.29, 1.82) is 0 Å². The fraction of sp³-hybridized carbons (Fsp3) is 0.400. The predicted molar refractivity (Wildman–Crippen MR) is 134 cm³/mol. The van der Waals surface area contributed by atoms with E-state index < -0.39 is 5.97 Å². The van der Waals surface area contributed by atoms with Gasteiger partial charge in [0.1, 0.15) is 5.75 Å². The Kier molecular flexibility index (Phi) is 9.50. The van der Waals surface area contributed by atoms with Gasteiger partial charge in [-0.2, -0.15) is 5.10 Å². The summed E-state index contributed by atoms with van der Waals surface area (Å²) in [7, 11) is 1.52. The van der Waals surface area contributed by atoms with Gasteiger partial charge in [0.15, 0.2) is 16.6 Å². The van der Waals surface area contributed by atoms with Gasteiger partial charge in [0, 0.05) is 6.04 Å². The molecule has 7 nitrogen and oxygen atoms in total. The fourth-order valence-electron chi connectivity index (χ4n) is 3.54. The predicted octanol–water partition coefficient (Wildman–Crippen LogP) is 4.83. The molecule has 1 aliphatic carbocycles. The van der Waals surface area contributed by atoms with Crippen LogP contribution in [0.25, 0.3) is 0 Å². The summed E-state index contributed by atoms with van der Waals surface area (Å²) in [6.07, 6.45) is 8.60. The van der Waals surface area contributed by atoms with Crippen LogP contribution in [0.5, 0.6) is 17.2 Å². The van der Waals surface area contributed by atoms with Crippen molar-refractivity contribution < 1.29 is 19.0 Å². The lowest BCUT2D eigenvalue weighted by Gasteiger charge is -2.23. The van der Waals surface area contributed by atoms with E-state index in [0.717, 1.165) is 30.6 Å². The molecule has 0 spiro atoms. The maximum atomic E-state index is 12.5. The van der Waals surface area contributed by atoms with Crippen molar-refractivity contribution in [2.24, 2.45) is 5.10 Å². The van der Waals surface area contributed by atoms with E-state index in [1.165, 1.54) is 26.4 Å². The summed E-state index contributed by atoms with van der Waals surface area (Å²) in [6, 6.07) is 12.5. The third-order valence-corrected chi connectivity index (χ3v) is 5.48. The van der Waals surface area contributed by atoms with Crippen LogP contribution in [0.4, 0.5) is 0 Å². The summed E-state index contributed by atoms with van der Waals surface area (Å²) in [5, 5.41) is 8.02. The largest absolute Gasteiger partial charge is 0.494 e. The van der Waals surface area contributed by atoms with Crippen LogP contribution in [0.15, 0.2) is 47.6 Å². The molecule has 2 aromatic carbocycles. The lowest BCUT2D eigenvalue weighted by atomic mass is 9.96. The van der Waals surface area contributed by atoms with Crippen LogP contribution >= 0.6 is 12.2 Å². The Morgan fingerprint density at radius 3 is 2.58 bits per heavy atom. The van der Waals surface area contributed by atoms with E-state index in [4.69, 9.17) is 26.4 Å². The molecule has 1 fully saturated rings. The van der Waals surface area contributed by atoms with Crippen LogP contribution in [-0.2, 0) is 0 Å². The topological polar surface area (TPSA) is 81.2 Å². The van der Waals surface area contributed by atoms with Gasteiger partial charge in [0.05, 0.1) is 25.5 Å². The number of nitrogens with zero attached hydrogens (tertiary/aromatic N) is 1. The molecule has 1 aliphatic rings. The zero-order valence-electron chi connectivity index (χ0n) is 19.1. The molecule has 0 aromatic heterocycles. The van der Waals surface area contributed by atoms with Crippen molar-refractivity contribution in [3.8, 4) is 17.2 Å². The van der Waals surface area contributed by atoms with Crippen molar-refractivity contribution in [2.75, 3.05) is 13.7 Å². The molecule has 0 unspecified atom stereocenters. The Labute approximate surface area is 200 Å². The van der Waals surface area contributed by atoms with Crippen molar-refractivity contribution in [3.05, 3.63) is 53.6 Å². The summed E-state index contributed by atoms with van der Waals surface area (Å²) in [5.74, 6) is 1.00. The molecule has 2 N–H and O–H groups in total. The van der Waals surface area contributed by atoms with Crippen LogP contribution in [0.2, 0.25) is 0 Å². The molecule has 176 valence electrons. The highest BCUT2D eigenvalue weighted by Gasteiger charge is 2.14. The van der Waals surface area contributed by atoms with Crippen molar-refractivity contribution in [2.45, 2.75) is 51.5 Å².